The van der Waals surface area contributed by atoms with Gasteiger partial charge < -0.3 is 21.3 Å². The van der Waals surface area contributed by atoms with E-state index in [0.717, 1.165) is 42.2 Å². The molecular weight excluding hydrogens is 360 g/mol. The van der Waals surface area contributed by atoms with E-state index in [1.165, 1.54) is 11.1 Å². The van der Waals surface area contributed by atoms with Crippen LogP contribution in [0.4, 0.5) is 0 Å². The van der Waals surface area contributed by atoms with Crippen LogP contribution in [0.2, 0.25) is 0 Å². The summed E-state index contributed by atoms with van der Waals surface area (Å²) < 4.78 is 0. The van der Waals surface area contributed by atoms with E-state index in [1.54, 1.807) is 6.20 Å². The van der Waals surface area contributed by atoms with E-state index in [2.05, 4.69) is 83.4 Å². The second-order valence-corrected chi connectivity index (χ2v) is 7.52. The maximum absolute atomic E-state index is 6.73. The van der Waals surface area contributed by atoms with Crippen LogP contribution in [-0.4, -0.2) is 47.0 Å². The predicted molar refractivity (Wildman–Crippen MR) is 119 cm³/mol. The number of allylic oxidation sites excluding steroid dienone is 6. The van der Waals surface area contributed by atoms with Crippen LogP contribution in [0, 0.1) is 0 Å². The number of hydrogen-bond acceptors (Lipinski definition) is 6. The van der Waals surface area contributed by atoms with Crippen molar-refractivity contribution in [3.63, 3.8) is 0 Å². The Kier molecular flexibility index (Phi) is 6.80. The molecule has 0 bridgehead atoms. The molecule has 2 heterocycles. The Morgan fingerprint density at radius 3 is 2.76 bits per heavy atom. The maximum atomic E-state index is 6.73. The van der Waals surface area contributed by atoms with E-state index >= 15 is 0 Å². The van der Waals surface area contributed by atoms with Crippen molar-refractivity contribution in [3.05, 3.63) is 88.9 Å². The third kappa shape index (κ3) is 5.31. The SMILES string of the molecule is CC1=CC=C(/C(N)=C(\c2ccnc(CN)n2)N2C=CC(CN(C)C)=CC2)CC=C1. The van der Waals surface area contributed by atoms with Crippen LogP contribution in [0.5, 0.6) is 0 Å². The van der Waals surface area contributed by atoms with Crippen molar-refractivity contribution < 1.29 is 0 Å². The first-order valence-electron chi connectivity index (χ1n) is 9.83. The fourth-order valence-corrected chi connectivity index (χ4v) is 3.33. The minimum absolute atomic E-state index is 0.289. The molecule has 0 saturated heterocycles. The summed E-state index contributed by atoms with van der Waals surface area (Å²) in [7, 11) is 4.14. The van der Waals surface area contributed by atoms with Crippen LogP contribution >= 0.6 is 0 Å². The molecule has 0 atom stereocenters. The highest BCUT2D eigenvalue weighted by molar-refractivity contribution is 5.70. The van der Waals surface area contributed by atoms with Gasteiger partial charge in [0.1, 0.15) is 5.82 Å². The zero-order chi connectivity index (χ0) is 20.8. The van der Waals surface area contributed by atoms with Gasteiger partial charge in [0, 0.05) is 25.5 Å². The highest BCUT2D eigenvalue weighted by Gasteiger charge is 2.19. The summed E-state index contributed by atoms with van der Waals surface area (Å²) in [6, 6.07) is 1.89. The van der Waals surface area contributed by atoms with Crippen LogP contribution in [0.3, 0.4) is 0 Å². The Hall–Kier alpha value is -2.96. The molecule has 29 heavy (non-hydrogen) atoms. The summed E-state index contributed by atoms with van der Waals surface area (Å²) in [6.07, 6.45) is 17.4. The van der Waals surface area contributed by atoms with E-state index in [9.17, 15) is 0 Å². The van der Waals surface area contributed by atoms with Crippen molar-refractivity contribution in [1.82, 2.24) is 19.8 Å². The van der Waals surface area contributed by atoms with Crippen LogP contribution < -0.4 is 11.5 Å². The van der Waals surface area contributed by atoms with Gasteiger partial charge in [0.25, 0.3) is 0 Å². The summed E-state index contributed by atoms with van der Waals surface area (Å²) in [4.78, 5) is 13.2. The lowest BCUT2D eigenvalue weighted by atomic mass is 10.0. The van der Waals surface area contributed by atoms with Crippen molar-refractivity contribution in [1.29, 1.82) is 0 Å². The fourth-order valence-electron chi connectivity index (χ4n) is 3.33. The quantitative estimate of drug-likeness (QED) is 0.777. The molecule has 6 nitrogen and oxygen atoms in total. The van der Waals surface area contributed by atoms with E-state index < -0.39 is 0 Å². The molecule has 0 amide bonds. The molecule has 4 N–H and O–H groups in total. The summed E-state index contributed by atoms with van der Waals surface area (Å²) in [6.45, 7) is 4.01. The summed E-state index contributed by atoms with van der Waals surface area (Å²) in [5.41, 5.74) is 18.4. The molecule has 0 fully saturated rings. The first kappa shape index (κ1) is 20.8. The van der Waals surface area contributed by atoms with Crippen molar-refractivity contribution >= 4 is 5.70 Å². The summed E-state index contributed by atoms with van der Waals surface area (Å²) in [5, 5.41) is 0. The molecule has 0 spiro atoms. The molecule has 2 aliphatic rings. The number of aromatic nitrogens is 2. The lowest BCUT2D eigenvalue weighted by Crippen LogP contribution is -2.25. The molecule has 1 aliphatic heterocycles. The van der Waals surface area contributed by atoms with Crippen LogP contribution in [0.1, 0.15) is 24.9 Å². The third-order valence-electron chi connectivity index (χ3n) is 4.80. The molecule has 152 valence electrons. The summed E-state index contributed by atoms with van der Waals surface area (Å²) >= 11 is 0. The molecule has 3 rings (SSSR count). The number of nitrogens with zero attached hydrogens (tertiary/aromatic N) is 4. The van der Waals surface area contributed by atoms with Gasteiger partial charge in [-0.05, 0) is 50.7 Å². The van der Waals surface area contributed by atoms with Gasteiger partial charge in [0.05, 0.1) is 23.6 Å². The van der Waals surface area contributed by atoms with Gasteiger partial charge in [0.15, 0.2) is 0 Å². The molecule has 1 aromatic rings. The Morgan fingerprint density at radius 2 is 2.07 bits per heavy atom. The Bertz CT molecular complexity index is 930. The lowest BCUT2D eigenvalue weighted by molar-refractivity contribution is 0.444. The minimum Gasteiger partial charge on any atom is -0.397 e. The van der Waals surface area contributed by atoms with Gasteiger partial charge in [-0.1, -0.05) is 36.0 Å². The second-order valence-electron chi connectivity index (χ2n) is 7.52. The van der Waals surface area contributed by atoms with Gasteiger partial charge >= 0.3 is 0 Å². The molecular formula is C23H30N6. The van der Waals surface area contributed by atoms with Gasteiger partial charge in [-0.3, -0.25) is 0 Å². The number of rotatable bonds is 6. The van der Waals surface area contributed by atoms with E-state index in [4.69, 9.17) is 11.5 Å². The largest absolute Gasteiger partial charge is 0.397 e. The minimum atomic E-state index is 0.289. The predicted octanol–water partition coefficient (Wildman–Crippen LogP) is 2.71. The van der Waals surface area contributed by atoms with E-state index in [0.29, 0.717) is 5.82 Å². The number of nitrogens with two attached hydrogens (primary N) is 2. The molecule has 0 saturated carbocycles. The Balaban J connectivity index is 2.02. The molecule has 0 aromatic carbocycles. The molecule has 6 heteroatoms. The van der Waals surface area contributed by atoms with Gasteiger partial charge in [-0.15, -0.1) is 0 Å². The molecule has 1 aliphatic carbocycles. The first-order chi connectivity index (χ1) is 14.0. The van der Waals surface area contributed by atoms with Gasteiger partial charge in [0.2, 0.25) is 0 Å². The monoisotopic (exact) mass is 390 g/mol. The third-order valence-corrected chi connectivity index (χ3v) is 4.80. The van der Waals surface area contributed by atoms with Crippen LogP contribution in [0.25, 0.3) is 5.70 Å². The molecule has 0 radical (unpaired) electrons. The van der Waals surface area contributed by atoms with Crippen LogP contribution in [0.15, 0.2) is 77.3 Å². The zero-order valence-electron chi connectivity index (χ0n) is 17.5. The molecule has 0 unspecified atom stereocenters. The van der Waals surface area contributed by atoms with E-state index in [1.807, 2.05) is 6.07 Å². The highest BCUT2D eigenvalue weighted by Crippen LogP contribution is 2.28. The number of hydrogen-bond donors (Lipinski definition) is 2. The average molecular weight is 391 g/mol. The zero-order valence-corrected chi connectivity index (χ0v) is 17.5. The van der Waals surface area contributed by atoms with Crippen molar-refractivity contribution in [3.8, 4) is 0 Å². The van der Waals surface area contributed by atoms with Gasteiger partial charge in [-0.25, -0.2) is 9.97 Å². The normalized spacial score (nSPS) is 17.6. The topological polar surface area (TPSA) is 84.3 Å². The maximum Gasteiger partial charge on any atom is 0.142 e. The Morgan fingerprint density at radius 1 is 1.24 bits per heavy atom. The standard InChI is InChI=1S/C23H30N6/c1-17-5-4-6-19(8-7-17)22(25)23(20-9-12-26-21(15-24)27-20)29-13-10-18(11-14-29)16-28(2)3/h4-5,7-13H,6,14-16,24-25H2,1-3H3/b23-22-. The van der Waals surface area contributed by atoms with Crippen molar-refractivity contribution in [2.24, 2.45) is 11.5 Å². The fraction of sp³-hybridized carbons (Fsp3) is 0.304. The van der Waals surface area contributed by atoms with E-state index in [-0.39, 0.29) is 6.54 Å². The van der Waals surface area contributed by atoms with Crippen molar-refractivity contribution in [2.75, 3.05) is 27.2 Å². The van der Waals surface area contributed by atoms with Crippen LogP contribution in [-0.2, 0) is 6.54 Å². The smallest absolute Gasteiger partial charge is 0.142 e. The number of likely N-dealkylation sites (N-methyl/N-ethyl adjacent to an activating group) is 1. The second kappa shape index (κ2) is 9.49. The average Bonchev–Trinajstić information content (AvgIpc) is 2.93. The highest BCUT2D eigenvalue weighted by atomic mass is 15.1. The first-order valence-corrected chi connectivity index (χ1v) is 9.83. The molecule has 1 aromatic heterocycles. The lowest BCUT2D eigenvalue weighted by Gasteiger charge is -2.28. The Labute approximate surface area is 173 Å². The van der Waals surface area contributed by atoms with Crippen molar-refractivity contribution in [2.45, 2.75) is 19.9 Å². The summed E-state index contributed by atoms with van der Waals surface area (Å²) in [5.74, 6) is 0.600. The van der Waals surface area contributed by atoms with Gasteiger partial charge in [-0.2, -0.15) is 0 Å².